The van der Waals surface area contributed by atoms with Crippen LogP contribution in [0.3, 0.4) is 0 Å². The summed E-state index contributed by atoms with van der Waals surface area (Å²) in [6, 6.07) is 0. The number of rotatable bonds is 2. The molecule has 0 spiro atoms. The van der Waals surface area contributed by atoms with Gasteiger partial charge in [-0.3, -0.25) is 0 Å². The molecule has 0 N–H and O–H groups in total. The van der Waals surface area contributed by atoms with Crippen LogP contribution in [0.1, 0.15) is 52.9 Å². The van der Waals surface area contributed by atoms with Crippen LogP contribution >= 0.6 is 0 Å². The molecule has 0 aliphatic heterocycles. The average molecular weight is 196 g/mol. The molecule has 1 nitrogen and oxygen atoms in total. The molecule has 82 valence electrons. The molecule has 0 radical (unpaired) electrons. The molecular formula is C13H24O. The minimum absolute atomic E-state index is 0.552. The standard InChI is InChI=1S/C13H24O/c1-5-13-8-11(14-4)6-10(13)7-12(2,3)9-13/h10-11H,5-9H2,1-4H3/t10-,11-,13+/m1/s1. The monoisotopic (exact) mass is 196 g/mol. The highest BCUT2D eigenvalue weighted by Gasteiger charge is 2.54. The summed E-state index contributed by atoms with van der Waals surface area (Å²) in [5.74, 6) is 0.937. The molecule has 2 fully saturated rings. The van der Waals surface area contributed by atoms with E-state index >= 15 is 0 Å². The van der Waals surface area contributed by atoms with Crippen molar-refractivity contribution in [2.45, 2.75) is 59.0 Å². The third-order valence-electron chi connectivity index (χ3n) is 4.71. The Hall–Kier alpha value is -0.0400. The molecule has 2 aliphatic carbocycles. The second-order valence-electron chi connectivity index (χ2n) is 6.26. The molecule has 2 aliphatic rings. The van der Waals surface area contributed by atoms with Crippen LogP contribution in [0.5, 0.6) is 0 Å². The fraction of sp³-hybridized carbons (Fsp3) is 1.00. The predicted octanol–water partition coefficient (Wildman–Crippen LogP) is 3.63. The van der Waals surface area contributed by atoms with E-state index in [4.69, 9.17) is 4.74 Å². The molecule has 3 atom stereocenters. The second kappa shape index (κ2) is 3.23. The number of hydrogen-bond donors (Lipinski definition) is 0. The van der Waals surface area contributed by atoms with Gasteiger partial charge in [-0.05, 0) is 42.4 Å². The molecule has 2 saturated carbocycles. The predicted molar refractivity (Wildman–Crippen MR) is 59.3 cm³/mol. The number of ether oxygens (including phenoxy) is 1. The SMILES string of the molecule is CC[C@@]12C[C@H](OC)C[C@@H]1CC(C)(C)C2. The fourth-order valence-corrected chi connectivity index (χ4v) is 4.22. The number of hydrogen-bond acceptors (Lipinski definition) is 1. The summed E-state index contributed by atoms with van der Waals surface area (Å²) in [5.41, 5.74) is 1.21. The Morgan fingerprint density at radius 3 is 2.50 bits per heavy atom. The molecule has 0 aromatic rings. The van der Waals surface area contributed by atoms with Crippen LogP contribution in [-0.4, -0.2) is 13.2 Å². The highest BCUT2D eigenvalue weighted by Crippen LogP contribution is 2.62. The van der Waals surface area contributed by atoms with Crippen LogP contribution in [0.25, 0.3) is 0 Å². The van der Waals surface area contributed by atoms with Gasteiger partial charge in [0.1, 0.15) is 0 Å². The van der Waals surface area contributed by atoms with Crippen molar-refractivity contribution in [1.82, 2.24) is 0 Å². The van der Waals surface area contributed by atoms with Crippen molar-refractivity contribution >= 4 is 0 Å². The van der Waals surface area contributed by atoms with Gasteiger partial charge in [-0.25, -0.2) is 0 Å². The Bertz CT molecular complexity index is 221. The Balaban J connectivity index is 2.15. The molecule has 0 unspecified atom stereocenters. The van der Waals surface area contributed by atoms with E-state index in [1.807, 2.05) is 7.11 Å². The van der Waals surface area contributed by atoms with Crippen LogP contribution in [0.2, 0.25) is 0 Å². The number of methoxy groups -OCH3 is 1. The summed E-state index contributed by atoms with van der Waals surface area (Å²) < 4.78 is 5.54. The van der Waals surface area contributed by atoms with Crippen molar-refractivity contribution in [3.8, 4) is 0 Å². The van der Waals surface area contributed by atoms with E-state index in [9.17, 15) is 0 Å². The van der Waals surface area contributed by atoms with E-state index in [0.29, 0.717) is 16.9 Å². The minimum Gasteiger partial charge on any atom is -0.381 e. The maximum atomic E-state index is 5.54. The summed E-state index contributed by atoms with van der Waals surface area (Å²) >= 11 is 0. The normalized spacial score (nSPS) is 45.4. The molecule has 0 heterocycles. The van der Waals surface area contributed by atoms with Crippen molar-refractivity contribution < 1.29 is 4.74 Å². The molecule has 0 amide bonds. The van der Waals surface area contributed by atoms with Gasteiger partial charge >= 0.3 is 0 Å². The van der Waals surface area contributed by atoms with Crippen LogP contribution in [-0.2, 0) is 4.74 Å². The van der Waals surface area contributed by atoms with Gasteiger partial charge in [-0.2, -0.15) is 0 Å². The topological polar surface area (TPSA) is 9.23 Å². The Morgan fingerprint density at radius 1 is 1.29 bits per heavy atom. The highest BCUT2D eigenvalue weighted by molar-refractivity contribution is 5.04. The highest BCUT2D eigenvalue weighted by atomic mass is 16.5. The summed E-state index contributed by atoms with van der Waals surface area (Å²) in [7, 11) is 1.88. The van der Waals surface area contributed by atoms with E-state index in [1.54, 1.807) is 0 Å². The number of fused-ring (bicyclic) bond motifs is 1. The van der Waals surface area contributed by atoms with E-state index in [-0.39, 0.29) is 0 Å². The van der Waals surface area contributed by atoms with Crippen LogP contribution in [0.15, 0.2) is 0 Å². The first-order chi connectivity index (χ1) is 6.51. The lowest BCUT2D eigenvalue weighted by molar-refractivity contribution is 0.0857. The maximum absolute atomic E-state index is 5.54. The van der Waals surface area contributed by atoms with Crippen molar-refractivity contribution in [3.63, 3.8) is 0 Å². The molecule has 0 saturated heterocycles. The van der Waals surface area contributed by atoms with Crippen molar-refractivity contribution in [1.29, 1.82) is 0 Å². The lowest BCUT2D eigenvalue weighted by Gasteiger charge is -2.29. The molecular weight excluding hydrogens is 172 g/mol. The largest absolute Gasteiger partial charge is 0.381 e. The average Bonchev–Trinajstić information content (AvgIpc) is 2.53. The first kappa shape index (κ1) is 10.5. The molecule has 0 aromatic carbocycles. The third-order valence-corrected chi connectivity index (χ3v) is 4.71. The summed E-state index contributed by atoms with van der Waals surface area (Å²) in [6.07, 6.45) is 7.36. The van der Waals surface area contributed by atoms with Gasteiger partial charge in [-0.1, -0.05) is 27.2 Å². The zero-order valence-electron chi connectivity index (χ0n) is 10.1. The van der Waals surface area contributed by atoms with Gasteiger partial charge < -0.3 is 4.74 Å². The molecule has 0 aromatic heterocycles. The first-order valence-corrected chi connectivity index (χ1v) is 6.04. The van der Waals surface area contributed by atoms with Crippen molar-refractivity contribution in [2.75, 3.05) is 7.11 Å². The van der Waals surface area contributed by atoms with Gasteiger partial charge in [-0.15, -0.1) is 0 Å². The molecule has 1 heteroatoms. The fourth-order valence-electron chi connectivity index (χ4n) is 4.22. The first-order valence-electron chi connectivity index (χ1n) is 6.04. The lowest BCUT2D eigenvalue weighted by Crippen LogP contribution is -2.20. The van der Waals surface area contributed by atoms with Gasteiger partial charge in [0.15, 0.2) is 0 Å². The summed E-state index contributed by atoms with van der Waals surface area (Å²) in [5, 5.41) is 0. The maximum Gasteiger partial charge on any atom is 0.0579 e. The zero-order chi connectivity index (χ0) is 10.4. The van der Waals surface area contributed by atoms with Gasteiger partial charge in [0.2, 0.25) is 0 Å². The van der Waals surface area contributed by atoms with E-state index in [0.717, 1.165) is 5.92 Å². The Kier molecular flexibility index (Phi) is 2.42. The smallest absolute Gasteiger partial charge is 0.0579 e. The quantitative estimate of drug-likeness (QED) is 0.655. The van der Waals surface area contributed by atoms with Gasteiger partial charge in [0, 0.05) is 7.11 Å². The molecule has 0 bridgehead atoms. The minimum atomic E-state index is 0.552. The zero-order valence-corrected chi connectivity index (χ0v) is 10.1. The third kappa shape index (κ3) is 1.50. The molecule has 2 rings (SSSR count). The van der Waals surface area contributed by atoms with Crippen molar-refractivity contribution in [3.05, 3.63) is 0 Å². The van der Waals surface area contributed by atoms with Crippen LogP contribution in [0, 0.1) is 16.7 Å². The van der Waals surface area contributed by atoms with E-state index < -0.39 is 0 Å². The summed E-state index contributed by atoms with van der Waals surface area (Å²) in [6.45, 7) is 7.24. The van der Waals surface area contributed by atoms with Crippen LogP contribution in [0.4, 0.5) is 0 Å². The molecule has 14 heavy (non-hydrogen) atoms. The summed E-state index contributed by atoms with van der Waals surface area (Å²) in [4.78, 5) is 0. The van der Waals surface area contributed by atoms with Gasteiger partial charge in [0.05, 0.1) is 6.10 Å². The Labute approximate surface area is 88.2 Å². The van der Waals surface area contributed by atoms with E-state index in [1.165, 1.54) is 32.1 Å². The van der Waals surface area contributed by atoms with Crippen LogP contribution < -0.4 is 0 Å². The van der Waals surface area contributed by atoms with E-state index in [2.05, 4.69) is 20.8 Å². The van der Waals surface area contributed by atoms with Crippen molar-refractivity contribution in [2.24, 2.45) is 16.7 Å². The Morgan fingerprint density at radius 2 is 2.00 bits per heavy atom. The van der Waals surface area contributed by atoms with Gasteiger partial charge in [0.25, 0.3) is 0 Å². The second-order valence-corrected chi connectivity index (χ2v) is 6.26. The lowest BCUT2D eigenvalue weighted by atomic mass is 9.76.